The predicted molar refractivity (Wildman–Crippen MR) is 108 cm³/mol. The molecule has 31 heavy (non-hydrogen) atoms. The van der Waals surface area contributed by atoms with Crippen molar-refractivity contribution >= 4 is 11.8 Å². The number of pyridine rings is 1. The number of aromatic nitrogens is 3. The third-order valence-electron chi connectivity index (χ3n) is 4.90. The molecule has 9 heteroatoms. The van der Waals surface area contributed by atoms with Gasteiger partial charge in [0.1, 0.15) is 11.6 Å². The molecule has 2 N–H and O–H groups in total. The van der Waals surface area contributed by atoms with Crippen LogP contribution in [0.25, 0.3) is 11.3 Å². The Morgan fingerprint density at radius 3 is 2.48 bits per heavy atom. The van der Waals surface area contributed by atoms with Crippen molar-refractivity contribution in [2.75, 3.05) is 6.54 Å². The van der Waals surface area contributed by atoms with E-state index in [0.29, 0.717) is 34.8 Å². The Morgan fingerprint density at radius 2 is 1.81 bits per heavy atom. The minimum atomic E-state index is -0.731. The van der Waals surface area contributed by atoms with Crippen molar-refractivity contribution in [2.24, 2.45) is 0 Å². The summed E-state index contributed by atoms with van der Waals surface area (Å²) in [5.41, 5.74) is 2.29. The number of hydrogen-bond acceptors (Lipinski definition) is 5. The molecule has 0 bridgehead atoms. The van der Waals surface area contributed by atoms with Crippen molar-refractivity contribution in [3.05, 3.63) is 76.2 Å². The van der Waals surface area contributed by atoms with Crippen molar-refractivity contribution in [2.45, 2.75) is 26.3 Å². The number of benzene rings is 1. The zero-order valence-electron chi connectivity index (χ0n) is 16.7. The molecule has 0 spiro atoms. The van der Waals surface area contributed by atoms with Gasteiger partial charge in [0, 0.05) is 13.0 Å². The molecule has 1 aromatic carbocycles. The van der Waals surface area contributed by atoms with Gasteiger partial charge in [0.15, 0.2) is 0 Å². The van der Waals surface area contributed by atoms with E-state index in [1.54, 1.807) is 12.1 Å². The Kier molecular flexibility index (Phi) is 5.66. The van der Waals surface area contributed by atoms with Gasteiger partial charge in [-0.15, -0.1) is 0 Å². The number of carbonyl (C=O) groups excluding carboxylic acids is 2. The summed E-state index contributed by atoms with van der Waals surface area (Å²) in [4.78, 5) is 28.3. The number of fused-ring (bicyclic) bond motifs is 1. The lowest BCUT2D eigenvalue weighted by Crippen LogP contribution is -2.25. The standard InChI is InChI=1S/C22H19F2N5O2/c1-2-25-19(30)10-14-7-6-13(28-29-14)8-12-9-17(21-15(23)4-3-5-16(21)24)27-18-11-26-22(31)20(12)18/h3-7,9H,2,8,10-11H2,1H3,(H,25,30)(H,26,31). The number of nitrogens with zero attached hydrogens (tertiary/aromatic N) is 3. The van der Waals surface area contributed by atoms with Crippen LogP contribution < -0.4 is 10.6 Å². The van der Waals surface area contributed by atoms with Crippen LogP contribution in [-0.2, 0) is 24.2 Å². The van der Waals surface area contributed by atoms with Crippen LogP contribution >= 0.6 is 0 Å². The van der Waals surface area contributed by atoms with E-state index in [4.69, 9.17) is 0 Å². The number of amides is 2. The number of rotatable bonds is 6. The molecule has 1 aliphatic heterocycles. The lowest BCUT2D eigenvalue weighted by Gasteiger charge is -2.11. The van der Waals surface area contributed by atoms with Crippen LogP contribution in [0.1, 0.15) is 39.9 Å². The average molecular weight is 423 g/mol. The van der Waals surface area contributed by atoms with Gasteiger partial charge < -0.3 is 10.6 Å². The van der Waals surface area contributed by atoms with Crippen molar-refractivity contribution in [3.63, 3.8) is 0 Å². The fourth-order valence-electron chi connectivity index (χ4n) is 3.52. The minimum absolute atomic E-state index is 0.113. The van der Waals surface area contributed by atoms with Gasteiger partial charge >= 0.3 is 0 Å². The first-order valence-electron chi connectivity index (χ1n) is 9.79. The zero-order valence-corrected chi connectivity index (χ0v) is 16.7. The van der Waals surface area contributed by atoms with E-state index in [2.05, 4.69) is 25.8 Å². The van der Waals surface area contributed by atoms with Gasteiger partial charge in [0.2, 0.25) is 5.91 Å². The summed E-state index contributed by atoms with van der Waals surface area (Å²) in [6, 6.07) is 8.52. The van der Waals surface area contributed by atoms with Crippen LogP contribution in [0, 0.1) is 11.6 Å². The largest absolute Gasteiger partial charge is 0.356 e. The number of likely N-dealkylation sites (N-methyl/N-ethyl adjacent to an activating group) is 1. The highest BCUT2D eigenvalue weighted by atomic mass is 19.1. The molecule has 7 nitrogen and oxygen atoms in total. The summed E-state index contributed by atoms with van der Waals surface area (Å²) in [6.07, 6.45) is 0.334. The third-order valence-corrected chi connectivity index (χ3v) is 4.90. The van der Waals surface area contributed by atoms with E-state index >= 15 is 0 Å². The highest BCUT2D eigenvalue weighted by molar-refractivity contribution is 5.99. The quantitative estimate of drug-likeness (QED) is 0.634. The van der Waals surface area contributed by atoms with Crippen LogP contribution in [0.5, 0.6) is 0 Å². The maximum absolute atomic E-state index is 14.3. The Balaban J connectivity index is 1.67. The topological polar surface area (TPSA) is 96.9 Å². The zero-order chi connectivity index (χ0) is 22.0. The van der Waals surface area contributed by atoms with Crippen molar-refractivity contribution in [1.82, 2.24) is 25.8 Å². The Morgan fingerprint density at radius 1 is 1.10 bits per heavy atom. The second-order valence-corrected chi connectivity index (χ2v) is 7.09. The summed E-state index contributed by atoms with van der Waals surface area (Å²) < 4.78 is 28.6. The molecule has 3 heterocycles. The summed E-state index contributed by atoms with van der Waals surface area (Å²) in [6.45, 7) is 2.55. The lowest BCUT2D eigenvalue weighted by molar-refractivity contribution is -0.120. The second kappa shape index (κ2) is 8.55. The molecule has 2 amide bonds. The summed E-state index contributed by atoms with van der Waals surface area (Å²) in [5, 5.41) is 13.6. The van der Waals surface area contributed by atoms with Crippen LogP contribution in [0.3, 0.4) is 0 Å². The van der Waals surface area contributed by atoms with Crippen LogP contribution in [0.15, 0.2) is 36.4 Å². The molecule has 0 atom stereocenters. The number of nitrogens with one attached hydrogen (secondary N) is 2. The van der Waals surface area contributed by atoms with Gasteiger partial charge in [-0.1, -0.05) is 6.07 Å². The van der Waals surface area contributed by atoms with Gasteiger partial charge in [0.25, 0.3) is 5.91 Å². The van der Waals surface area contributed by atoms with Crippen molar-refractivity contribution < 1.29 is 18.4 Å². The van der Waals surface area contributed by atoms with Crippen molar-refractivity contribution in [1.29, 1.82) is 0 Å². The average Bonchev–Trinajstić information content (AvgIpc) is 3.11. The van der Waals surface area contributed by atoms with Crippen molar-refractivity contribution in [3.8, 4) is 11.3 Å². The van der Waals surface area contributed by atoms with Crippen LogP contribution in [0.2, 0.25) is 0 Å². The molecular formula is C22H19F2N5O2. The molecule has 3 aromatic rings. The maximum Gasteiger partial charge on any atom is 0.253 e. The maximum atomic E-state index is 14.3. The highest BCUT2D eigenvalue weighted by Crippen LogP contribution is 2.30. The van der Waals surface area contributed by atoms with E-state index in [0.717, 1.165) is 12.1 Å². The van der Waals surface area contributed by atoms with Crippen LogP contribution in [0.4, 0.5) is 8.78 Å². The normalized spacial score (nSPS) is 12.4. The number of hydrogen-bond donors (Lipinski definition) is 2. The molecule has 2 aromatic heterocycles. The van der Waals surface area contributed by atoms with E-state index in [1.165, 1.54) is 12.1 Å². The number of halogens is 2. The number of carbonyl (C=O) groups is 2. The Hall–Kier alpha value is -3.75. The van der Waals surface area contributed by atoms with Gasteiger partial charge in [-0.3, -0.25) is 9.59 Å². The first-order valence-corrected chi connectivity index (χ1v) is 9.79. The Bertz CT molecular complexity index is 1150. The molecule has 0 saturated heterocycles. The second-order valence-electron chi connectivity index (χ2n) is 7.09. The summed E-state index contributed by atoms with van der Waals surface area (Å²) in [7, 11) is 0. The molecular weight excluding hydrogens is 404 g/mol. The first kappa shape index (κ1) is 20.5. The van der Waals surface area contributed by atoms with E-state index in [1.807, 2.05) is 6.92 Å². The third kappa shape index (κ3) is 4.25. The van der Waals surface area contributed by atoms with E-state index in [9.17, 15) is 18.4 Å². The monoisotopic (exact) mass is 423 g/mol. The lowest BCUT2D eigenvalue weighted by atomic mass is 9.99. The van der Waals surface area contributed by atoms with Gasteiger partial charge in [-0.05, 0) is 42.8 Å². The Labute approximate surface area is 176 Å². The summed E-state index contributed by atoms with van der Waals surface area (Å²) in [5.74, 6) is -1.90. The summed E-state index contributed by atoms with van der Waals surface area (Å²) >= 11 is 0. The molecule has 0 saturated carbocycles. The fraction of sp³-hybridized carbons (Fsp3) is 0.227. The van der Waals surface area contributed by atoms with Gasteiger partial charge in [-0.25, -0.2) is 13.8 Å². The van der Waals surface area contributed by atoms with Gasteiger partial charge in [-0.2, -0.15) is 10.2 Å². The first-order chi connectivity index (χ1) is 15.0. The molecule has 1 aliphatic rings. The van der Waals surface area contributed by atoms with Crippen LogP contribution in [-0.4, -0.2) is 33.5 Å². The highest BCUT2D eigenvalue weighted by Gasteiger charge is 2.27. The van der Waals surface area contributed by atoms with Gasteiger partial charge in [0.05, 0.1) is 46.9 Å². The molecule has 0 radical (unpaired) electrons. The molecule has 0 fully saturated rings. The fourth-order valence-corrected chi connectivity index (χ4v) is 3.52. The molecule has 0 aliphatic carbocycles. The van der Waals surface area contributed by atoms with E-state index in [-0.39, 0.29) is 42.5 Å². The molecule has 0 unspecified atom stereocenters. The van der Waals surface area contributed by atoms with E-state index < -0.39 is 11.6 Å². The minimum Gasteiger partial charge on any atom is -0.356 e. The molecule has 4 rings (SSSR count). The predicted octanol–water partition coefficient (Wildman–Crippen LogP) is 2.33. The SMILES string of the molecule is CCNC(=O)Cc1ccc(Cc2cc(-c3c(F)cccc3F)nc3c2C(=O)NC3)nn1. The molecule has 158 valence electrons. The smallest absolute Gasteiger partial charge is 0.253 e.